The predicted octanol–water partition coefficient (Wildman–Crippen LogP) is 4.96. The Kier molecular flexibility index (Phi) is 13.7. The third kappa shape index (κ3) is 10.0. The van der Waals surface area contributed by atoms with E-state index in [0.29, 0.717) is 33.6 Å². The van der Waals surface area contributed by atoms with E-state index in [4.69, 9.17) is 20.9 Å². The molecule has 4 amide bonds. The summed E-state index contributed by atoms with van der Waals surface area (Å²) in [6.45, 7) is 1.06. The smallest absolute Gasteiger partial charge is 0.338 e. The minimum atomic E-state index is -1.44. The number of ether oxygens (including phenoxy) is 2. The van der Waals surface area contributed by atoms with Gasteiger partial charge in [-0.15, -0.1) is 0 Å². The van der Waals surface area contributed by atoms with E-state index in [-0.39, 0.29) is 95.2 Å². The van der Waals surface area contributed by atoms with Crippen LogP contribution in [0.15, 0.2) is 97.1 Å². The maximum atomic E-state index is 14.5. The van der Waals surface area contributed by atoms with Gasteiger partial charge in [-0.1, -0.05) is 36.4 Å². The number of halogens is 2. The quantitative estimate of drug-likeness (QED) is 0.0497. The number of rotatable bonds is 19. The molecule has 4 aromatic carbocycles. The number of hydrogen-bond acceptors (Lipinski definition) is 12. The van der Waals surface area contributed by atoms with E-state index in [2.05, 4.69) is 41.0 Å². The molecule has 0 saturated heterocycles. The molecule has 8 rings (SSSR count). The summed E-state index contributed by atoms with van der Waals surface area (Å²) in [5, 5.41) is 38.6. The van der Waals surface area contributed by atoms with Crippen molar-refractivity contribution >= 4 is 57.6 Å². The maximum absolute atomic E-state index is 14.5. The van der Waals surface area contributed by atoms with Gasteiger partial charge in [0.05, 0.1) is 82.2 Å². The third-order valence-electron chi connectivity index (χ3n) is 10.8. The lowest BCUT2D eigenvalue weighted by Crippen LogP contribution is -2.28. The summed E-state index contributed by atoms with van der Waals surface area (Å²) < 4.78 is 40.1. The predicted molar refractivity (Wildman–Crippen MR) is 247 cm³/mol. The van der Waals surface area contributed by atoms with Crippen molar-refractivity contribution in [3.8, 4) is 45.0 Å². The van der Waals surface area contributed by atoms with Gasteiger partial charge in [-0.25, -0.2) is 28.3 Å². The van der Waals surface area contributed by atoms with Crippen LogP contribution in [-0.4, -0.2) is 116 Å². The monoisotopic (exact) mass is 952 g/mol. The van der Waals surface area contributed by atoms with Gasteiger partial charge in [-0.3, -0.25) is 29.4 Å². The Morgan fingerprint density at radius 1 is 0.529 bits per heavy atom. The van der Waals surface area contributed by atoms with Gasteiger partial charge in [0.1, 0.15) is 11.6 Å². The molecular formula is C48H38F2N10O10. The highest BCUT2D eigenvalue weighted by molar-refractivity contribution is 6.12. The number of aromatic nitrogens is 6. The van der Waals surface area contributed by atoms with Crippen LogP contribution in [0.2, 0.25) is 0 Å². The number of H-pyrrole nitrogens is 2. The molecule has 0 fully saturated rings. The molecule has 4 aromatic heterocycles. The van der Waals surface area contributed by atoms with E-state index in [0.717, 1.165) is 24.3 Å². The van der Waals surface area contributed by atoms with Gasteiger partial charge in [-0.2, -0.15) is 10.2 Å². The number of aromatic carboxylic acids is 2. The highest BCUT2D eigenvalue weighted by Crippen LogP contribution is 2.34. The van der Waals surface area contributed by atoms with Gasteiger partial charge < -0.3 is 41.8 Å². The van der Waals surface area contributed by atoms with Crippen molar-refractivity contribution in [3.05, 3.63) is 142 Å². The summed E-state index contributed by atoms with van der Waals surface area (Å²) >= 11 is 0. The molecule has 354 valence electrons. The Hall–Kier alpha value is -9.28. The number of nitrogens with zero attached hydrogens (tertiary/aromatic N) is 4. The molecule has 0 bridgehead atoms. The number of carboxylic acid groups (broad SMARTS) is 2. The van der Waals surface area contributed by atoms with Crippen LogP contribution in [0.25, 0.3) is 67.1 Å². The Morgan fingerprint density at radius 3 is 1.31 bits per heavy atom. The second kappa shape index (κ2) is 20.3. The molecule has 0 atom stereocenters. The number of carbonyl (C=O) groups is 6. The van der Waals surface area contributed by atoms with Crippen molar-refractivity contribution in [1.29, 1.82) is 0 Å². The maximum Gasteiger partial charge on any atom is 0.338 e. The summed E-state index contributed by atoms with van der Waals surface area (Å²) in [4.78, 5) is 82.8. The second-order valence-corrected chi connectivity index (χ2v) is 15.3. The molecule has 0 aliphatic carbocycles. The van der Waals surface area contributed by atoms with Crippen LogP contribution < -0.4 is 22.1 Å². The number of primary amides is 2. The van der Waals surface area contributed by atoms with Crippen molar-refractivity contribution in [2.45, 2.75) is 0 Å². The topological polar surface area (TPSA) is 321 Å². The number of nitrogens with two attached hydrogens (primary N) is 2. The Balaban J connectivity index is 0.794. The lowest BCUT2D eigenvalue weighted by atomic mass is 10.00. The molecule has 0 saturated carbocycles. The largest absolute Gasteiger partial charge is 0.478 e. The number of pyridine rings is 2. The molecule has 0 aliphatic heterocycles. The summed E-state index contributed by atoms with van der Waals surface area (Å²) in [6, 6.07) is 22.6. The standard InChI is InChI=1S/C48H38F2N10O10/c49-33-19-23(7-9-29(33)47(65)66)35-21-31(41(51)61)37-39(57-59-43(37)55-35)25-3-1-5-27(17-25)45(63)53-11-13-69-15-16-70-14-12-54-46(64)28-6-2-4-26(18-28)40-38-32(42(52)62)22-36(56-44(38)60-58-40)24-8-10-30(48(67)68)34(50)20-24/h1-10,17-22H,11-16H2,(H2,51,61)(H2,52,62)(H,53,63)(H,54,64)(H,65,66)(H,67,68)(H,55,57,59)(H,56,58,60). The minimum Gasteiger partial charge on any atom is -0.478 e. The van der Waals surface area contributed by atoms with Crippen molar-refractivity contribution in [3.63, 3.8) is 0 Å². The molecule has 8 aromatic rings. The highest BCUT2D eigenvalue weighted by atomic mass is 19.1. The number of carboxylic acids is 2. The van der Waals surface area contributed by atoms with Crippen molar-refractivity contribution < 1.29 is 57.2 Å². The molecule has 20 nitrogen and oxygen atoms in total. The molecule has 22 heteroatoms. The lowest BCUT2D eigenvalue weighted by Gasteiger charge is -2.10. The fourth-order valence-electron chi connectivity index (χ4n) is 7.48. The molecule has 0 radical (unpaired) electrons. The van der Waals surface area contributed by atoms with Gasteiger partial charge >= 0.3 is 11.9 Å². The zero-order chi connectivity index (χ0) is 49.6. The van der Waals surface area contributed by atoms with Crippen LogP contribution in [0.3, 0.4) is 0 Å². The summed E-state index contributed by atoms with van der Waals surface area (Å²) in [5.41, 5.74) is 13.5. The fourth-order valence-corrected chi connectivity index (χ4v) is 7.48. The lowest BCUT2D eigenvalue weighted by molar-refractivity contribution is 0.0486. The first kappa shape index (κ1) is 47.2. The summed E-state index contributed by atoms with van der Waals surface area (Å²) in [5.74, 6) is -7.30. The molecule has 70 heavy (non-hydrogen) atoms. The molecule has 0 aliphatic rings. The second-order valence-electron chi connectivity index (χ2n) is 15.3. The van der Waals surface area contributed by atoms with Gasteiger partial charge in [0.15, 0.2) is 11.3 Å². The van der Waals surface area contributed by atoms with Crippen molar-refractivity contribution in [2.24, 2.45) is 11.5 Å². The van der Waals surface area contributed by atoms with E-state index in [1.54, 1.807) is 48.5 Å². The van der Waals surface area contributed by atoms with Crippen LogP contribution in [0, 0.1) is 11.6 Å². The number of aromatic amines is 2. The van der Waals surface area contributed by atoms with E-state index in [1.807, 2.05) is 0 Å². The Labute approximate surface area is 393 Å². The zero-order valence-electron chi connectivity index (χ0n) is 36.3. The number of hydrogen-bond donors (Lipinski definition) is 8. The zero-order valence-corrected chi connectivity index (χ0v) is 36.3. The average Bonchev–Trinajstić information content (AvgIpc) is 3.98. The van der Waals surface area contributed by atoms with Gasteiger partial charge in [0, 0.05) is 46.5 Å². The van der Waals surface area contributed by atoms with Crippen LogP contribution in [0.4, 0.5) is 8.78 Å². The number of carbonyl (C=O) groups excluding carboxylic acids is 4. The van der Waals surface area contributed by atoms with E-state index in [9.17, 15) is 47.8 Å². The van der Waals surface area contributed by atoms with Crippen LogP contribution in [-0.2, 0) is 9.47 Å². The number of nitrogens with one attached hydrogen (secondary N) is 4. The number of amides is 4. The fraction of sp³-hybridized carbons (Fsp3) is 0.125. The Bertz CT molecular complexity index is 3190. The van der Waals surface area contributed by atoms with E-state index < -0.39 is 58.3 Å². The number of fused-ring (bicyclic) bond motifs is 2. The molecule has 10 N–H and O–H groups in total. The Morgan fingerprint density at radius 2 is 0.943 bits per heavy atom. The van der Waals surface area contributed by atoms with E-state index >= 15 is 0 Å². The van der Waals surface area contributed by atoms with Gasteiger partial charge in [-0.05, 0) is 60.7 Å². The molecule has 4 heterocycles. The molecule has 0 unspecified atom stereocenters. The third-order valence-corrected chi connectivity index (χ3v) is 10.8. The van der Waals surface area contributed by atoms with Crippen molar-refractivity contribution in [1.82, 2.24) is 41.0 Å². The van der Waals surface area contributed by atoms with Gasteiger partial charge in [0.25, 0.3) is 11.8 Å². The number of benzene rings is 4. The normalized spacial score (nSPS) is 11.2. The van der Waals surface area contributed by atoms with Crippen LogP contribution in [0.1, 0.15) is 62.1 Å². The minimum absolute atomic E-state index is 0.0155. The van der Waals surface area contributed by atoms with E-state index in [1.165, 1.54) is 24.3 Å². The summed E-state index contributed by atoms with van der Waals surface area (Å²) in [6.07, 6.45) is 0. The highest BCUT2D eigenvalue weighted by Gasteiger charge is 2.23. The molecular weight excluding hydrogens is 915 g/mol. The first-order chi connectivity index (χ1) is 33.7. The summed E-state index contributed by atoms with van der Waals surface area (Å²) in [7, 11) is 0. The first-order valence-electron chi connectivity index (χ1n) is 21.1. The first-order valence-corrected chi connectivity index (χ1v) is 21.1. The van der Waals surface area contributed by atoms with Crippen LogP contribution >= 0.6 is 0 Å². The SMILES string of the molecule is NC(=O)c1cc(-c2ccc(C(=O)O)c(F)c2)nc2n[nH]c(-c3cccc(C(=O)NCCOCCOCCNC(=O)c4cccc(-c5[nH]nc6nc(-c7ccc(C(=O)O)c(F)c7)cc(C(N)=O)c56)c4)c3)c12. The van der Waals surface area contributed by atoms with Crippen molar-refractivity contribution in [2.75, 3.05) is 39.5 Å². The molecule has 0 spiro atoms. The van der Waals surface area contributed by atoms with Crippen LogP contribution in [0.5, 0.6) is 0 Å². The average molecular weight is 953 g/mol. The van der Waals surface area contributed by atoms with Gasteiger partial charge in [0.2, 0.25) is 11.8 Å².